The number of pyridine rings is 1. The largest absolute Gasteiger partial charge is 0.308 e. The minimum absolute atomic E-state index is 0.987. The standard InChI is InChI=1S/C11H8N2/c1-2-7-13-8-9-4-3-5-10(9)12-11(13)6-1/h1-8H. The Kier molecular flexibility index (Phi) is 1.19. The maximum Gasteiger partial charge on any atom is 0.137 e. The summed E-state index contributed by atoms with van der Waals surface area (Å²) in [5.41, 5.74) is 3.23. The summed E-state index contributed by atoms with van der Waals surface area (Å²) < 4.78 is 2.03. The van der Waals surface area contributed by atoms with Crippen molar-refractivity contribution in [3.63, 3.8) is 0 Å². The lowest BCUT2D eigenvalue weighted by atomic mass is 10.3. The molecule has 3 rings (SSSR count). The van der Waals surface area contributed by atoms with E-state index in [1.54, 1.807) is 0 Å². The van der Waals surface area contributed by atoms with Gasteiger partial charge in [0.2, 0.25) is 0 Å². The topological polar surface area (TPSA) is 17.3 Å². The van der Waals surface area contributed by atoms with Crippen molar-refractivity contribution in [2.75, 3.05) is 0 Å². The number of aromatic nitrogens is 2. The zero-order valence-corrected chi connectivity index (χ0v) is 7.01. The first-order valence-electron chi connectivity index (χ1n) is 4.26. The fraction of sp³-hybridized carbons (Fsp3) is 0. The van der Waals surface area contributed by atoms with Gasteiger partial charge in [0.25, 0.3) is 0 Å². The Morgan fingerprint density at radius 3 is 3.00 bits per heavy atom. The molecule has 0 radical (unpaired) electrons. The quantitative estimate of drug-likeness (QED) is 0.504. The molecule has 2 heterocycles. The Hall–Kier alpha value is -1.83. The molecule has 0 bridgehead atoms. The van der Waals surface area contributed by atoms with Crippen LogP contribution >= 0.6 is 0 Å². The number of fused-ring (bicyclic) bond motifs is 2. The highest BCUT2D eigenvalue weighted by Gasteiger charge is 2.03. The third-order valence-corrected chi connectivity index (χ3v) is 2.21. The van der Waals surface area contributed by atoms with Crippen molar-refractivity contribution in [3.05, 3.63) is 48.8 Å². The van der Waals surface area contributed by atoms with Crippen molar-refractivity contribution in [1.82, 2.24) is 9.38 Å². The number of rotatable bonds is 0. The molecule has 0 fully saturated rings. The zero-order chi connectivity index (χ0) is 8.67. The minimum atomic E-state index is 0.987. The molecule has 1 aliphatic carbocycles. The predicted molar refractivity (Wildman–Crippen MR) is 51.8 cm³/mol. The highest BCUT2D eigenvalue weighted by molar-refractivity contribution is 5.64. The minimum Gasteiger partial charge on any atom is -0.308 e. The van der Waals surface area contributed by atoms with Gasteiger partial charge in [-0.1, -0.05) is 18.2 Å². The SMILES string of the molecule is c1cc2cn3ccccc3nc-2c1. The third-order valence-electron chi connectivity index (χ3n) is 2.21. The summed E-state index contributed by atoms with van der Waals surface area (Å²) in [6, 6.07) is 12.1. The predicted octanol–water partition coefficient (Wildman–Crippen LogP) is 2.44. The van der Waals surface area contributed by atoms with Gasteiger partial charge in [-0.2, -0.15) is 0 Å². The first-order chi connectivity index (χ1) is 6.43. The molecule has 0 saturated carbocycles. The Morgan fingerprint density at radius 2 is 2.00 bits per heavy atom. The molecule has 13 heavy (non-hydrogen) atoms. The van der Waals surface area contributed by atoms with Gasteiger partial charge < -0.3 is 4.40 Å². The summed E-state index contributed by atoms with van der Waals surface area (Å²) in [4.78, 5) is 4.50. The second-order valence-corrected chi connectivity index (χ2v) is 3.07. The van der Waals surface area contributed by atoms with Crippen molar-refractivity contribution in [3.8, 4) is 11.3 Å². The molecule has 2 aliphatic rings. The summed E-state index contributed by atoms with van der Waals surface area (Å²) in [6.07, 6.45) is 4.10. The van der Waals surface area contributed by atoms with Crippen LogP contribution in [0.2, 0.25) is 0 Å². The summed E-state index contributed by atoms with van der Waals surface area (Å²) >= 11 is 0. The average Bonchev–Trinajstić information content (AvgIpc) is 2.61. The highest BCUT2D eigenvalue weighted by Crippen LogP contribution is 2.20. The van der Waals surface area contributed by atoms with Gasteiger partial charge in [-0.25, -0.2) is 4.98 Å². The van der Waals surface area contributed by atoms with Gasteiger partial charge in [-0.15, -0.1) is 0 Å². The molecule has 2 nitrogen and oxygen atoms in total. The van der Waals surface area contributed by atoms with Crippen molar-refractivity contribution in [1.29, 1.82) is 0 Å². The fourth-order valence-corrected chi connectivity index (χ4v) is 1.56. The molecule has 0 atom stereocenters. The van der Waals surface area contributed by atoms with E-state index in [0.717, 1.165) is 11.3 Å². The van der Waals surface area contributed by atoms with Gasteiger partial charge in [0.05, 0.1) is 5.69 Å². The molecular formula is C11H8N2. The van der Waals surface area contributed by atoms with Crippen LogP contribution < -0.4 is 0 Å². The van der Waals surface area contributed by atoms with Gasteiger partial charge in [0.15, 0.2) is 0 Å². The van der Waals surface area contributed by atoms with E-state index in [9.17, 15) is 0 Å². The number of hydrogen-bond acceptors (Lipinski definition) is 1. The molecule has 0 unspecified atom stereocenters. The Labute approximate surface area is 75.8 Å². The lowest BCUT2D eigenvalue weighted by molar-refractivity contribution is 1.11. The van der Waals surface area contributed by atoms with Crippen molar-refractivity contribution >= 4 is 5.65 Å². The van der Waals surface area contributed by atoms with E-state index < -0.39 is 0 Å². The van der Waals surface area contributed by atoms with Crippen molar-refractivity contribution < 1.29 is 0 Å². The van der Waals surface area contributed by atoms with Crippen LogP contribution in [-0.2, 0) is 0 Å². The van der Waals surface area contributed by atoms with Crippen LogP contribution in [0, 0.1) is 0 Å². The van der Waals surface area contributed by atoms with E-state index in [4.69, 9.17) is 0 Å². The van der Waals surface area contributed by atoms with Crippen molar-refractivity contribution in [2.45, 2.75) is 0 Å². The first kappa shape index (κ1) is 6.66. The van der Waals surface area contributed by atoms with E-state index in [1.165, 1.54) is 5.56 Å². The molecule has 0 saturated heterocycles. The van der Waals surface area contributed by atoms with E-state index in [0.29, 0.717) is 0 Å². The van der Waals surface area contributed by atoms with Crippen molar-refractivity contribution in [2.24, 2.45) is 0 Å². The number of hydrogen-bond donors (Lipinski definition) is 0. The van der Waals surface area contributed by atoms with Gasteiger partial charge in [-0.05, 0) is 18.2 Å². The lowest BCUT2D eigenvalue weighted by Gasteiger charge is -2.03. The summed E-state index contributed by atoms with van der Waals surface area (Å²) in [7, 11) is 0. The summed E-state index contributed by atoms with van der Waals surface area (Å²) in [6.45, 7) is 0. The summed E-state index contributed by atoms with van der Waals surface area (Å²) in [5.74, 6) is 0. The molecule has 0 aromatic carbocycles. The highest BCUT2D eigenvalue weighted by atomic mass is 15.0. The van der Waals surface area contributed by atoms with E-state index in [2.05, 4.69) is 17.2 Å². The van der Waals surface area contributed by atoms with E-state index in [1.807, 2.05) is 40.9 Å². The Bertz CT molecular complexity index is 478. The molecule has 1 aromatic rings. The number of nitrogens with zero attached hydrogens (tertiary/aromatic N) is 2. The Morgan fingerprint density at radius 1 is 1.00 bits per heavy atom. The van der Waals surface area contributed by atoms with Crippen LogP contribution in [0.4, 0.5) is 0 Å². The summed E-state index contributed by atoms with van der Waals surface area (Å²) in [5, 5.41) is 0. The van der Waals surface area contributed by atoms with Gasteiger partial charge in [0.1, 0.15) is 5.65 Å². The van der Waals surface area contributed by atoms with Crippen LogP contribution in [0.3, 0.4) is 0 Å². The van der Waals surface area contributed by atoms with Gasteiger partial charge >= 0.3 is 0 Å². The Balaban J connectivity index is 2.52. The fourth-order valence-electron chi connectivity index (χ4n) is 1.56. The molecule has 2 heteroatoms. The van der Waals surface area contributed by atoms with Gasteiger partial charge in [-0.3, -0.25) is 0 Å². The second-order valence-electron chi connectivity index (χ2n) is 3.07. The molecule has 1 aromatic heterocycles. The van der Waals surface area contributed by atoms with E-state index in [-0.39, 0.29) is 0 Å². The second kappa shape index (κ2) is 2.33. The third kappa shape index (κ3) is 0.920. The van der Waals surface area contributed by atoms with Crippen LogP contribution in [0.25, 0.3) is 16.9 Å². The molecule has 0 amide bonds. The zero-order valence-electron chi connectivity index (χ0n) is 7.01. The van der Waals surface area contributed by atoms with Gasteiger partial charge in [0, 0.05) is 18.0 Å². The van der Waals surface area contributed by atoms with Crippen LogP contribution in [0.1, 0.15) is 0 Å². The van der Waals surface area contributed by atoms with Crippen LogP contribution in [-0.4, -0.2) is 9.38 Å². The normalized spacial score (nSPS) is 11.1. The molecule has 0 N–H and O–H groups in total. The molecular weight excluding hydrogens is 160 g/mol. The van der Waals surface area contributed by atoms with Crippen LogP contribution in [0.5, 0.6) is 0 Å². The average molecular weight is 168 g/mol. The molecule has 0 spiro atoms. The monoisotopic (exact) mass is 168 g/mol. The lowest BCUT2D eigenvalue weighted by Crippen LogP contribution is -1.92. The first-order valence-corrected chi connectivity index (χ1v) is 4.26. The molecule has 62 valence electrons. The maximum atomic E-state index is 4.50. The van der Waals surface area contributed by atoms with Crippen LogP contribution in [0.15, 0.2) is 48.8 Å². The molecule has 1 aliphatic heterocycles. The smallest absolute Gasteiger partial charge is 0.137 e. The maximum absolute atomic E-state index is 4.50. The van der Waals surface area contributed by atoms with E-state index >= 15 is 0 Å².